The summed E-state index contributed by atoms with van der Waals surface area (Å²) < 4.78 is 22.3. The number of carbonyl (C=O) groups excluding carboxylic acids is 2. The second-order valence-electron chi connectivity index (χ2n) is 12.4. The molecule has 0 bridgehead atoms. The third-order valence-corrected chi connectivity index (χ3v) is 10.2. The molecule has 1 fully saturated rings. The van der Waals surface area contributed by atoms with E-state index in [2.05, 4.69) is 36.5 Å². The molecule has 282 valence electrons. The standard InChI is InChI=1S/C15H18N2O3S.C12H17BO3.C9H13BrN2O2S/c1-2-20-15(19)7-8-16-9-14-17-13(10-21-14)11-3-5-12(18)6-4-11;1-11(2)12(3,4)16-13(15-11)9-5-7-10(14)8-6-9;1-2-14-9(13)3-4-11-5-8-12-7(10)6-15-8/h3-6,10,16,18H,2,7-9H2,1H3;5-8,14H,1-4H3;6,11H,2-5H2,1H3. The zero-order valence-corrected chi connectivity index (χ0v) is 33.7. The third-order valence-electron chi connectivity index (χ3n) is 7.83. The van der Waals surface area contributed by atoms with Gasteiger partial charge in [0.15, 0.2) is 0 Å². The molecule has 4 aromatic rings. The van der Waals surface area contributed by atoms with Crippen molar-refractivity contribution in [1.82, 2.24) is 20.6 Å². The Labute approximate surface area is 322 Å². The van der Waals surface area contributed by atoms with Crippen LogP contribution in [0.25, 0.3) is 11.3 Å². The molecule has 0 atom stereocenters. The van der Waals surface area contributed by atoms with Crippen molar-refractivity contribution in [2.45, 2.75) is 78.7 Å². The van der Waals surface area contributed by atoms with E-state index in [1.54, 1.807) is 60.8 Å². The minimum atomic E-state index is -0.356. The summed E-state index contributed by atoms with van der Waals surface area (Å²) in [6.07, 6.45) is 0.768. The van der Waals surface area contributed by atoms with E-state index in [-0.39, 0.29) is 41.8 Å². The predicted molar refractivity (Wildman–Crippen MR) is 209 cm³/mol. The van der Waals surface area contributed by atoms with Crippen molar-refractivity contribution < 1.29 is 38.6 Å². The predicted octanol–water partition coefficient (Wildman–Crippen LogP) is 6.20. The van der Waals surface area contributed by atoms with Crippen LogP contribution in [0.4, 0.5) is 0 Å². The molecule has 52 heavy (non-hydrogen) atoms. The number of thiazole rings is 2. The van der Waals surface area contributed by atoms with E-state index in [4.69, 9.17) is 18.8 Å². The van der Waals surface area contributed by atoms with Crippen LogP contribution in [0.3, 0.4) is 0 Å². The summed E-state index contributed by atoms with van der Waals surface area (Å²) in [4.78, 5) is 30.9. The van der Waals surface area contributed by atoms with Crippen LogP contribution in [0.2, 0.25) is 0 Å². The molecule has 0 radical (unpaired) electrons. The van der Waals surface area contributed by atoms with Crippen molar-refractivity contribution in [3.05, 3.63) is 73.9 Å². The fraction of sp³-hybridized carbons (Fsp3) is 0.444. The smallest absolute Gasteiger partial charge is 0.494 e. The number of ether oxygens (including phenoxy) is 2. The van der Waals surface area contributed by atoms with Gasteiger partial charge in [-0.2, -0.15) is 0 Å². The molecule has 1 saturated heterocycles. The SMILES string of the molecule is CC1(C)OB(c2ccc(O)cc2)OC1(C)C.CCOC(=O)CCNCc1nc(-c2ccc(O)cc2)cs1.CCOC(=O)CCNCc1nc(Br)cs1. The van der Waals surface area contributed by atoms with Gasteiger partial charge in [-0.05, 0) is 99.3 Å². The molecular weight excluding hydrogens is 771 g/mol. The van der Waals surface area contributed by atoms with Gasteiger partial charge in [-0.3, -0.25) is 9.59 Å². The maximum atomic E-state index is 11.2. The van der Waals surface area contributed by atoms with Crippen molar-refractivity contribution in [1.29, 1.82) is 0 Å². The van der Waals surface area contributed by atoms with Crippen LogP contribution in [0.1, 0.15) is 64.4 Å². The van der Waals surface area contributed by atoms with Gasteiger partial charge in [-0.15, -0.1) is 22.7 Å². The quantitative estimate of drug-likeness (QED) is 0.0649. The van der Waals surface area contributed by atoms with Crippen LogP contribution in [-0.2, 0) is 41.5 Å². The molecule has 4 N–H and O–H groups in total. The normalized spacial score (nSPS) is 14.1. The Kier molecular flexibility index (Phi) is 17.7. The second kappa shape index (κ2) is 21.4. The molecular formula is C36H48BBrN4O8S2. The van der Waals surface area contributed by atoms with E-state index in [1.165, 1.54) is 0 Å². The maximum Gasteiger partial charge on any atom is 0.494 e. The second-order valence-corrected chi connectivity index (χ2v) is 15.1. The van der Waals surface area contributed by atoms with Crippen LogP contribution in [-0.4, -0.2) is 76.7 Å². The summed E-state index contributed by atoms with van der Waals surface area (Å²) in [6, 6.07) is 13.9. The van der Waals surface area contributed by atoms with Crippen molar-refractivity contribution in [2.24, 2.45) is 0 Å². The van der Waals surface area contributed by atoms with E-state index >= 15 is 0 Å². The molecule has 0 saturated carbocycles. The summed E-state index contributed by atoms with van der Waals surface area (Å²) in [7, 11) is -0.356. The summed E-state index contributed by atoms with van der Waals surface area (Å²) >= 11 is 6.43. The van der Waals surface area contributed by atoms with Crippen LogP contribution >= 0.6 is 38.6 Å². The van der Waals surface area contributed by atoms with Gasteiger partial charge in [0.25, 0.3) is 0 Å². The minimum absolute atomic E-state index is 0.162. The van der Waals surface area contributed by atoms with E-state index in [0.717, 1.165) is 31.3 Å². The Morgan fingerprint density at radius 3 is 1.69 bits per heavy atom. The molecule has 1 aliphatic heterocycles. The third kappa shape index (κ3) is 14.6. The Balaban J connectivity index is 0.000000214. The van der Waals surface area contributed by atoms with Gasteiger partial charge in [0.2, 0.25) is 0 Å². The lowest BCUT2D eigenvalue weighted by Gasteiger charge is -2.32. The van der Waals surface area contributed by atoms with E-state index in [0.29, 0.717) is 52.2 Å². The molecule has 0 spiro atoms. The lowest BCUT2D eigenvalue weighted by molar-refractivity contribution is -0.143. The molecule has 16 heteroatoms. The van der Waals surface area contributed by atoms with Crippen molar-refractivity contribution in [3.8, 4) is 22.8 Å². The number of rotatable bonds is 14. The summed E-state index contributed by atoms with van der Waals surface area (Å²) in [5, 5.41) is 30.7. The Morgan fingerprint density at radius 1 is 0.769 bits per heavy atom. The number of nitrogens with one attached hydrogen (secondary N) is 2. The molecule has 2 aromatic heterocycles. The van der Waals surface area contributed by atoms with E-state index in [1.807, 2.05) is 62.7 Å². The lowest BCUT2D eigenvalue weighted by atomic mass is 9.79. The average Bonchev–Trinajstić information content (AvgIpc) is 3.80. The van der Waals surface area contributed by atoms with Crippen molar-refractivity contribution in [2.75, 3.05) is 26.3 Å². The number of aromatic hydroxyl groups is 2. The molecule has 0 amide bonds. The largest absolute Gasteiger partial charge is 0.508 e. The first-order valence-electron chi connectivity index (χ1n) is 16.9. The summed E-state index contributed by atoms with van der Waals surface area (Å²) in [5.41, 5.74) is 2.14. The highest BCUT2D eigenvalue weighted by atomic mass is 79.9. The van der Waals surface area contributed by atoms with Crippen LogP contribution in [0.5, 0.6) is 11.5 Å². The van der Waals surface area contributed by atoms with Gasteiger partial charge in [0.1, 0.15) is 26.1 Å². The number of nitrogens with zero attached hydrogens (tertiary/aromatic N) is 2. The van der Waals surface area contributed by atoms with Gasteiger partial charge in [-0.1, -0.05) is 12.1 Å². The summed E-state index contributed by atoms with van der Waals surface area (Å²) in [6.45, 7) is 15.1. The van der Waals surface area contributed by atoms with Gasteiger partial charge in [0.05, 0.1) is 43.0 Å². The molecule has 2 aromatic carbocycles. The van der Waals surface area contributed by atoms with Gasteiger partial charge in [0, 0.05) is 42.5 Å². The molecule has 5 rings (SSSR count). The highest BCUT2D eigenvalue weighted by molar-refractivity contribution is 9.10. The number of aromatic nitrogens is 2. The van der Waals surface area contributed by atoms with E-state index < -0.39 is 0 Å². The van der Waals surface area contributed by atoms with Crippen molar-refractivity contribution in [3.63, 3.8) is 0 Å². The molecule has 0 aliphatic carbocycles. The first-order valence-corrected chi connectivity index (χ1v) is 19.5. The fourth-order valence-electron chi connectivity index (χ4n) is 4.37. The monoisotopic (exact) mass is 818 g/mol. The zero-order valence-electron chi connectivity index (χ0n) is 30.4. The fourth-order valence-corrected chi connectivity index (χ4v) is 6.38. The Bertz CT molecular complexity index is 1650. The minimum Gasteiger partial charge on any atom is -0.508 e. The summed E-state index contributed by atoms with van der Waals surface area (Å²) in [5.74, 6) is 0.148. The van der Waals surface area contributed by atoms with E-state index in [9.17, 15) is 19.8 Å². The number of phenols is 2. The molecule has 3 heterocycles. The first-order chi connectivity index (χ1) is 24.7. The van der Waals surface area contributed by atoms with Crippen molar-refractivity contribution >= 4 is 63.1 Å². The number of carbonyl (C=O) groups is 2. The zero-order chi connectivity index (χ0) is 38.1. The van der Waals surface area contributed by atoms with Gasteiger partial charge < -0.3 is 39.6 Å². The molecule has 1 aliphatic rings. The number of benzene rings is 2. The number of hydrogen-bond donors (Lipinski definition) is 4. The lowest BCUT2D eigenvalue weighted by Crippen LogP contribution is -2.41. The number of phenolic OH excluding ortho intramolecular Hbond substituents is 2. The van der Waals surface area contributed by atoms with Gasteiger partial charge >= 0.3 is 19.1 Å². The Morgan fingerprint density at radius 2 is 1.23 bits per heavy atom. The number of halogens is 1. The highest BCUT2D eigenvalue weighted by Crippen LogP contribution is 2.36. The number of esters is 2. The van der Waals surface area contributed by atoms with Crippen LogP contribution in [0, 0.1) is 0 Å². The highest BCUT2D eigenvalue weighted by Gasteiger charge is 2.51. The number of hydrogen-bond acceptors (Lipinski definition) is 14. The Hall–Kier alpha value is -3.38. The van der Waals surface area contributed by atoms with Crippen LogP contribution < -0.4 is 16.1 Å². The first kappa shape index (κ1) is 43.0. The van der Waals surface area contributed by atoms with Gasteiger partial charge in [-0.25, -0.2) is 9.97 Å². The topological polar surface area (TPSA) is 161 Å². The van der Waals surface area contributed by atoms with Crippen LogP contribution in [0.15, 0.2) is 63.9 Å². The molecule has 12 nitrogen and oxygen atoms in total. The maximum absolute atomic E-state index is 11.2. The average molecular weight is 820 g/mol. The molecule has 0 unspecified atom stereocenters.